The molecule has 0 atom stereocenters. The number of methoxy groups -OCH3 is 1. The zero-order valence-corrected chi connectivity index (χ0v) is 16.4. The summed E-state index contributed by atoms with van der Waals surface area (Å²) in [6, 6.07) is 26.4. The molecule has 4 heteroatoms. The summed E-state index contributed by atoms with van der Waals surface area (Å²) in [7, 11) is -1.49. The van der Waals surface area contributed by atoms with Crippen LogP contribution in [0.4, 0.5) is 4.39 Å². The molecule has 136 valence electrons. The molecule has 0 saturated carbocycles. The molecule has 0 radical (unpaired) electrons. The smallest absolute Gasteiger partial charge is 0.338 e. The first-order chi connectivity index (χ1) is 13.1. The van der Waals surface area contributed by atoms with Crippen LogP contribution in [0.25, 0.3) is 6.08 Å². The quantitative estimate of drug-likeness (QED) is 0.492. The minimum Gasteiger partial charge on any atom is -0.465 e. The number of carbonyl (C=O) groups excluding carboxylic acids is 1. The van der Waals surface area contributed by atoms with Crippen LogP contribution in [-0.2, 0) is 4.74 Å². The molecule has 0 saturated heterocycles. The van der Waals surface area contributed by atoms with Gasteiger partial charge in [-0.15, -0.1) is 0 Å². The van der Waals surface area contributed by atoms with E-state index in [1.54, 1.807) is 24.3 Å². The van der Waals surface area contributed by atoms with Crippen LogP contribution in [0, 0.1) is 0 Å². The Morgan fingerprint density at radius 1 is 0.852 bits per heavy atom. The molecule has 2 nitrogen and oxygen atoms in total. The van der Waals surface area contributed by atoms with Crippen molar-refractivity contribution in [3.05, 3.63) is 102 Å². The number of hydrogen-bond donors (Lipinski definition) is 0. The molecule has 3 aromatic carbocycles. The number of carbonyl (C=O) groups is 1. The zero-order chi connectivity index (χ0) is 19.3. The summed E-state index contributed by atoms with van der Waals surface area (Å²) in [6.07, 6.45) is 1.48. The predicted octanol–water partition coefficient (Wildman–Crippen LogP) is 4.22. The molecule has 0 fully saturated rings. The summed E-state index contributed by atoms with van der Waals surface area (Å²) in [6.45, 7) is 1.99. The number of rotatable bonds is 5. The van der Waals surface area contributed by atoms with Gasteiger partial charge in [-0.1, -0.05) is 85.4 Å². The summed E-state index contributed by atoms with van der Waals surface area (Å²) in [5.41, 5.74) is 0.663. The van der Waals surface area contributed by atoms with E-state index in [2.05, 4.69) is 0 Å². The van der Waals surface area contributed by atoms with Gasteiger partial charge in [-0.05, 0) is 28.1 Å². The van der Waals surface area contributed by atoms with Crippen molar-refractivity contribution in [1.29, 1.82) is 0 Å². The monoisotopic (exact) mass is 376 g/mol. The topological polar surface area (TPSA) is 26.3 Å². The third kappa shape index (κ3) is 3.76. The Morgan fingerprint density at radius 3 is 1.85 bits per heavy atom. The van der Waals surface area contributed by atoms with Gasteiger partial charge in [-0.2, -0.15) is 0 Å². The average molecular weight is 377 g/mol. The second-order valence-corrected chi connectivity index (χ2v) is 10.3. The second kappa shape index (κ2) is 8.14. The van der Waals surface area contributed by atoms with Crippen LogP contribution in [0.3, 0.4) is 0 Å². The summed E-state index contributed by atoms with van der Waals surface area (Å²) in [4.78, 5) is 12.0. The Labute approximate surface area is 160 Å². The normalized spacial score (nSPS) is 11.9. The van der Waals surface area contributed by atoms with Gasteiger partial charge in [0.2, 0.25) is 0 Å². The minimum atomic E-state index is -2.81. The minimum absolute atomic E-state index is 0.212. The Bertz CT molecular complexity index is 913. The fourth-order valence-electron chi connectivity index (χ4n) is 3.18. The third-order valence-corrected chi connectivity index (χ3v) is 8.90. The van der Waals surface area contributed by atoms with Gasteiger partial charge in [0.05, 0.1) is 18.1 Å². The van der Waals surface area contributed by atoms with Crippen molar-refractivity contribution in [2.45, 2.75) is 6.55 Å². The predicted molar refractivity (Wildman–Crippen MR) is 111 cm³/mol. The lowest BCUT2D eigenvalue weighted by Crippen LogP contribution is -2.56. The summed E-state index contributed by atoms with van der Waals surface area (Å²) < 4.78 is 20.7. The van der Waals surface area contributed by atoms with Crippen LogP contribution in [0.2, 0.25) is 6.55 Å². The largest absolute Gasteiger partial charge is 0.465 e. The summed E-state index contributed by atoms with van der Waals surface area (Å²) in [5.74, 6) is -0.475. The van der Waals surface area contributed by atoms with Crippen molar-refractivity contribution in [2.24, 2.45) is 0 Å². The molecular weight excluding hydrogens is 355 g/mol. The lowest BCUT2D eigenvalue weighted by Gasteiger charge is -2.27. The molecule has 0 heterocycles. The van der Waals surface area contributed by atoms with E-state index in [9.17, 15) is 4.79 Å². The van der Waals surface area contributed by atoms with Crippen LogP contribution in [0.5, 0.6) is 0 Å². The van der Waals surface area contributed by atoms with E-state index < -0.39 is 14.0 Å². The van der Waals surface area contributed by atoms with E-state index in [-0.39, 0.29) is 5.45 Å². The fraction of sp³-hybridized carbons (Fsp3) is 0.0870. The van der Waals surface area contributed by atoms with Gasteiger partial charge >= 0.3 is 5.97 Å². The first-order valence-corrected chi connectivity index (χ1v) is 11.2. The van der Waals surface area contributed by atoms with Gasteiger partial charge in [0, 0.05) is 0 Å². The SMILES string of the molecule is COC(=O)c1ccccc1/C=C(\F)[Si](C)(c1ccccc1)c1ccccc1. The molecule has 0 amide bonds. The van der Waals surface area contributed by atoms with Crippen LogP contribution < -0.4 is 10.4 Å². The highest BCUT2D eigenvalue weighted by atomic mass is 28.3. The second-order valence-electron chi connectivity index (χ2n) is 6.43. The van der Waals surface area contributed by atoms with Gasteiger partial charge < -0.3 is 4.74 Å². The van der Waals surface area contributed by atoms with E-state index in [0.29, 0.717) is 11.1 Å². The zero-order valence-electron chi connectivity index (χ0n) is 15.4. The van der Waals surface area contributed by atoms with Gasteiger partial charge in [-0.3, -0.25) is 0 Å². The maximum atomic E-state index is 15.8. The number of ether oxygens (including phenoxy) is 1. The number of halogens is 1. The van der Waals surface area contributed by atoms with E-state index >= 15 is 4.39 Å². The molecule has 0 aliphatic heterocycles. The number of benzene rings is 3. The highest BCUT2D eigenvalue weighted by molar-refractivity contribution is 7.06. The Hall–Kier alpha value is -2.98. The average Bonchev–Trinajstić information content (AvgIpc) is 2.74. The van der Waals surface area contributed by atoms with Crippen molar-refractivity contribution in [2.75, 3.05) is 7.11 Å². The Balaban J connectivity index is 2.17. The first-order valence-electron chi connectivity index (χ1n) is 8.73. The van der Waals surface area contributed by atoms with Gasteiger partial charge in [-0.25, -0.2) is 9.18 Å². The standard InChI is InChI=1S/C23H21FO2Si/c1-26-23(25)21-16-10-9-11-18(21)17-22(24)27(2,19-12-5-3-6-13-19)20-14-7-4-8-15-20/h3-17H,1-2H3/b22-17+. The van der Waals surface area contributed by atoms with Gasteiger partial charge in [0.15, 0.2) is 8.07 Å². The molecular formula is C23H21FO2Si. The molecule has 0 aromatic heterocycles. The lowest BCUT2D eigenvalue weighted by atomic mass is 10.1. The summed E-state index contributed by atoms with van der Waals surface area (Å²) >= 11 is 0. The molecule has 3 rings (SSSR count). The molecule has 0 N–H and O–H groups in total. The van der Waals surface area contributed by atoms with E-state index in [0.717, 1.165) is 10.4 Å². The molecule has 0 aliphatic carbocycles. The van der Waals surface area contributed by atoms with Crippen LogP contribution in [0.15, 0.2) is 90.4 Å². The third-order valence-electron chi connectivity index (χ3n) is 4.83. The van der Waals surface area contributed by atoms with Crippen molar-refractivity contribution >= 4 is 30.5 Å². The highest BCUT2D eigenvalue weighted by Gasteiger charge is 2.37. The van der Waals surface area contributed by atoms with Crippen molar-refractivity contribution in [1.82, 2.24) is 0 Å². The van der Waals surface area contributed by atoms with Gasteiger partial charge in [0.1, 0.15) is 0 Å². The van der Waals surface area contributed by atoms with Gasteiger partial charge in [0.25, 0.3) is 0 Å². The number of esters is 1. The van der Waals surface area contributed by atoms with Crippen LogP contribution in [-0.4, -0.2) is 21.2 Å². The molecule has 27 heavy (non-hydrogen) atoms. The highest BCUT2D eigenvalue weighted by Crippen LogP contribution is 2.22. The molecule has 0 aliphatic rings. The van der Waals surface area contributed by atoms with E-state index in [1.807, 2.05) is 67.2 Å². The Kier molecular flexibility index (Phi) is 5.67. The van der Waals surface area contributed by atoms with Crippen molar-refractivity contribution in [3.63, 3.8) is 0 Å². The maximum absolute atomic E-state index is 15.8. The van der Waals surface area contributed by atoms with E-state index in [1.165, 1.54) is 13.2 Å². The molecule has 0 spiro atoms. The molecule has 0 bridgehead atoms. The van der Waals surface area contributed by atoms with Crippen molar-refractivity contribution < 1.29 is 13.9 Å². The molecule has 0 unspecified atom stereocenters. The van der Waals surface area contributed by atoms with Crippen molar-refractivity contribution in [3.8, 4) is 0 Å². The first kappa shape index (κ1) is 18.8. The Morgan fingerprint density at radius 2 is 1.33 bits per heavy atom. The van der Waals surface area contributed by atoms with Crippen LogP contribution in [0.1, 0.15) is 15.9 Å². The molecule has 3 aromatic rings. The lowest BCUT2D eigenvalue weighted by molar-refractivity contribution is 0.0600. The summed E-state index contributed by atoms with van der Waals surface area (Å²) in [5, 5.41) is 1.95. The van der Waals surface area contributed by atoms with E-state index in [4.69, 9.17) is 4.74 Å². The fourth-order valence-corrected chi connectivity index (χ4v) is 6.23. The number of hydrogen-bond acceptors (Lipinski definition) is 2. The van der Waals surface area contributed by atoms with Crippen LogP contribution >= 0.6 is 0 Å². The maximum Gasteiger partial charge on any atom is 0.338 e.